The van der Waals surface area contributed by atoms with E-state index in [4.69, 9.17) is 31.5 Å². The van der Waals surface area contributed by atoms with E-state index >= 15 is 0 Å². The van der Waals surface area contributed by atoms with Crippen LogP contribution in [0.4, 0.5) is 13.2 Å². The van der Waals surface area contributed by atoms with E-state index in [1.807, 2.05) is 30.3 Å². The van der Waals surface area contributed by atoms with Crippen LogP contribution < -0.4 is 27.8 Å². The van der Waals surface area contributed by atoms with Gasteiger partial charge in [0.15, 0.2) is 11.7 Å². The number of carboxylic acid groups (broad SMARTS) is 1. The predicted molar refractivity (Wildman–Crippen MR) is 125 cm³/mol. The number of alkyl halides is 3. The number of primary amides is 1. The van der Waals surface area contributed by atoms with Gasteiger partial charge in [0.1, 0.15) is 12.1 Å². The van der Waals surface area contributed by atoms with Gasteiger partial charge < -0.3 is 37.4 Å². The highest BCUT2D eigenvalue weighted by Crippen LogP contribution is 2.13. The number of hydrogen-bond donors (Lipinski definition) is 6. The fraction of sp³-hybridized carbons (Fsp3) is 0.318. The number of aliphatic carboxylic acids is 1. The zero-order valence-corrected chi connectivity index (χ0v) is 19.4. The standard InChI is InChI=1S/C20H26N6O4.C2HF3O2/c21-17(27)15(12-13-6-2-1-3-7-13)26-18(28)14(8-4-10-24-20(22)23)25-19(29)16-9-5-11-30-16;3-2(4,5)1(6)7/h1-3,5-7,9,11,14-15H,4,8,10,12H2,(H2,21,27)(H,25,29)(H,26,28)(H4,22,23,24);(H,6,7)/t14-,15-;/m0./s1. The summed E-state index contributed by atoms with van der Waals surface area (Å²) in [6.45, 7) is 0.284. The summed E-state index contributed by atoms with van der Waals surface area (Å²) in [4.78, 5) is 49.8. The number of nitrogens with two attached hydrogens (primary N) is 3. The second kappa shape index (κ2) is 14.8. The van der Waals surface area contributed by atoms with Gasteiger partial charge >= 0.3 is 12.1 Å². The molecule has 2 aromatic rings. The lowest BCUT2D eigenvalue weighted by atomic mass is 10.0. The summed E-state index contributed by atoms with van der Waals surface area (Å²) in [6, 6.07) is 10.3. The third kappa shape index (κ3) is 12.1. The Balaban J connectivity index is 0.000000856. The van der Waals surface area contributed by atoms with Crippen molar-refractivity contribution >= 4 is 29.7 Å². The topological polar surface area (TPSA) is 216 Å². The Morgan fingerprint density at radius 2 is 1.59 bits per heavy atom. The Kier molecular flexibility index (Phi) is 12.1. The van der Waals surface area contributed by atoms with Crippen molar-refractivity contribution in [2.45, 2.75) is 37.5 Å². The van der Waals surface area contributed by atoms with Crippen LogP contribution in [0.25, 0.3) is 0 Å². The quantitative estimate of drug-likeness (QED) is 0.135. The van der Waals surface area contributed by atoms with E-state index < -0.39 is 42.0 Å². The number of hydrogen-bond acceptors (Lipinski definition) is 6. The summed E-state index contributed by atoms with van der Waals surface area (Å²) in [5.74, 6) is -4.53. The predicted octanol–water partition coefficient (Wildman–Crippen LogP) is 0.278. The molecule has 0 unspecified atom stereocenters. The zero-order chi connectivity index (χ0) is 28.0. The van der Waals surface area contributed by atoms with Gasteiger partial charge in [-0.2, -0.15) is 13.2 Å². The summed E-state index contributed by atoms with van der Waals surface area (Å²) < 4.78 is 36.8. The molecule has 9 N–H and O–H groups in total. The lowest BCUT2D eigenvalue weighted by molar-refractivity contribution is -0.192. The molecular formula is C22H27F3N6O6. The number of rotatable bonds is 11. The molecule has 15 heteroatoms. The molecule has 0 bridgehead atoms. The molecule has 3 amide bonds. The van der Waals surface area contributed by atoms with Gasteiger partial charge in [-0.1, -0.05) is 30.3 Å². The normalized spacial score (nSPS) is 12.2. The van der Waals surface area contributed by atoms with E-state index in [1.54, 1.807) is 6.07 Å². The van der Waals surface area contributed by atoms with Crippen LogP contribution in [0.3, 0.4) is 0 Å². The molecule has 1 aromatic heterocycles. The molecule has 0 saturated carbocycles. The van der Waals surface area contributed by atoms with E-state index in [2.05, 4.69) is 15.6 Å². The van der Waals surface area contributed by atoms with E-state index in [1.165, 1.54) is 12.3 Å². The number of benzene rings is 1. The van der Waals surface area contributed by atoms with Gasteiger partial charge in [-0.05, 0) is 30.5 Å². The molecule has 2 rings (SSSR count). The van der Waals surface area contributed by atoms with Crippen molar-refractivity contribution in [3.63, 3.8) is 0 Å². The molecule has 2 atom stereocenters. The number of carboxylic acids is 1. The Bertz CT molecular complexity index is 1060. The van der Waals surface area contributed by atoms with Crippen LogP contribution in [0, 0.1) is 0 Å². The summed E-state index contributed by atoms with van der Waals surface area (Å²) in [6.07, 6.45) is -2.83. The van der Waals surface area contributed by atoms with Crippen LogP contribution in [0.15, 0.2) is 58.1 Å². The molecule has 12 nitrogen and oxygen atoms in total. The summed E-state index contributed by atoms with van der Waals surface area (Å²) in [5.41, 5.74) is 16.9. The monoisotopic (exact) mass is 528 g/mol. The number of aliphatic imine (C=N–C) groups is 1. The first kappa shape index (κ1) is 30.5. The second-order valence-electron chi connectivity index (χ2n) is 7.41. The minimum Gasteiger partial charge on any atom is -0.475 e. The van der Waals surface area contributed by atoms with E-state index in [0.29, 0.717) is 6.42 Å². The molecule has 37 heavy (non-hydrogen) atoms. The van der Waals surface area contributed by atoms with E-state index in [-0.39, 0.29) is 31.1 Å². The number of carbonyl (C=O) groups is 4. The van der Waals surface area contributed by atoms with Crippen LogP contribution in [-0.4, -0.2) is 59.6 Å². The molecule has 0 aliphatic rings. The first-order chi connectivity index (χ1) is 17.3. The number of nitrogens with one attached hydrogen (secondary N) is 2. The van der Waals surface area contributed by atoms with Crippen LogP contribution >= 0.6 is 0 Å². The molecule has 0 radical (unpaired) electrons. The Morgan fingerprint density at radius 1 is 0.973 bits per heavy atom. The molecular weight excluding hydrogens is 501 g/mol. The van der Waals surface area contributed by atoms with Crippen molar-refractivity contribution in [2.24, 2.45) is 22.2 Å². The van der Waals surface area contributed by atoms with Crippen molar-refractivity contribution in [1.29, 1.82) is 0 Å². The maximum absolute atomic E-state index is 12.8. The molecule has 0 aliphatic carbocycles. The molecule has 1 heterocycles. The average Bonchev–Trinajstić information content (AvgIpc) is 3.36. The molecule has 0 saturated heterocycles. The van der Waals surface area contributed by atoms with Gasteiger partial charge in [0.05, 0.1) is 6.26 Å². The van der Waals surface area contributed by atoms with Gasteiger partial charge in [0.2, 0.25) is 11.8 Å². The zero-order valence-electron chi connectivity index (χ0n) is 19.4. The Labute approximate surface area is 209 Å². The summed E-state index contributed by atoms with van der Waals surface area (Å²) in [7, 11) is 0. The van der Waals surface area contributed by atoms with Gasteiger partial charge in [0.25, 0.3) is 5.91 Å². The van der Waals surface area contributed by atoms with Crippen molar-refractivity contribution < 1.29 is 41.9 Å². The van der Waals surface area contributed by atoms with Gasteiger partial charge in [-0.3, -0.25) is 19.4 Å². The minimum atomic E-state index is -5.08. The van der Waals surface area contributed by atoms with E-state index in [9.17, 15) is 27.6 Å². The molecule has 202 valence electrons. The highest BCUT2D eigenvalue weighted by Gasteiger charge is 2.38. The Hall–Kier alpha value is -4.56. The van der Waals surface area contributed by atoms with Crippen LogP contribution in [-0.2, 0) is 20.8 Å². The third-order valence-corrected chi connectivity index (χ3v) is 4.50. The fourth-order valence-corrected chi connectivity index (χ4v) is 2.75. The lowest BCUT2D eigenvalue weighted by Crippen LogP contribution is -2.53. The van der Waals surface area contributed by atoms with Gasteiger partial charge in [-0.15, -0.1) is 0 Å². The van der Waals surface area contributed by atoms with Crippen molar-refractivity contribution in [3.8, 4) is 0 Å². The van der Waals surface area contributed by atoms with Crippen LogP contribution in [0.1, 0.15) is 29.0 Å². The average molecular weight is 528 g/mol. The number of guanidine groups is 1. The van der Waals surface area contributed by atoms with Gasteiger partial charge in [-0.25, -0.2) is 4.79 Å². The smallest absolute Gasteiger partial charge is 0.475 e. The first-order valence-electron chi connectivity index (χ1n) is 10.6. The Morgan fingerprint density at radius 3 is 2.08 bits per heavy atom. The number of carbonyl (C=O) groups excluding carboxylic acids is 3. The summed E-state index contributed by atoms with van der Waals surface area (Å²) in [5, 5.41) is 12.4. The van der Waals surface area contributed by atoms with Crippen molar-refractivity contribution in [1.82, 2.24) is 10.6 Å². The summed E-state index contributed by atoms with van der Waals surface area (Å²) >= 11 is 0. The second-order valence-corrected chi connectivity index (χ2v) is 7.41. The number of furan rings is 1. The van der Waals surface area contributed by atoms with Crippen LogP contribution in [0.5, 0.6) is 0 Å². The largest absolute Gasteiger partial charge is 0.490 e. The molecule has 1 aromatic carbocycles. The number of halogens is 3. The molecule has 0 spiro atoms. The highest BCUT2D eigenvalue weighted by atomic mass is 19.4. The number of nitrogens with zero attached hydrogens (tertiary/aromatic N) is 1. The third-order valence-electron chi connectivity index (χ3n) is 4.50. The molecule has 0 aliphatic heterocycles. The molecule has 0 fully saturated rings. The van der Waals surface area contributed by atoms with Crippen LogP contribution in [0.2, 0.25) is 0 Å². The SMILES string of the molecule is NC(=O)[C@H](Cc1ccccc1)NC(=O)[C@H](CCCN=C(N)N)NC(=O)c1ccco1.O=C(O)C(F)(F)F. The van der Waals surface area contributed by atoms with Crippen molar-refractivity contribution in [3.05, 3.63) is 60.1 Å². The lowest BCUT2D eigenvalue weighted by Gasteiger charge is -2.21. The van der Waals surface area contributed by atoms with Crippen molar-refractivity contribution in [2.75, 3.05) is 6.54 Å². The number of amides is 3. The maximum atomic E-state index is 12.8. The van der Waals surface area contributed by atoms with Gasteiger partial charge in [0, 0.05) is 13.0 Å². The fourth-order valence-electron chi connectivity index (χ4n) is 2.75. The maximum Gasteiger partial charge on any atom is 0.490 e. The highest BCUT2D eigenvalue weighted by molar-refractivity contribution is 5.96. The minimum absolute atomic E-state index is 0.0627. The van der Waals surface area contributed by atoms with E-state index in [0.717, 1.165) is 5.56 Å². The first-order valence-corrected chi connectivity index (χ1v) is 10.6.